The summed E-state index contributed by atoms with van der Waals surface area (Å²) in [7, 11) is 0. The Kier molecular flexibility index (Phi) is 11.1. The highest BCUT2D eigenvalue weighted by Crippen LogP contribution is 2.44. The minimum atomic E-state index is -1.82. The highest BCUT2D eigenvalue weighted by Gasteiger charge is 2.38. The summed E-state index contributed by atoms with van der Waals surface area (Å²) < 4.78 is 13.1. The number of rotatable bonds is 9. The van der Waals surface area contributed by atoms with Crippen molar-refractivity contribution in [3.63, 3.8) is 0 Å². The summed E-state index contributed by atoms with van der Waals surface area (Å²) in [5, 5.41) is 14.8. The van der Waals surface area contributed by atoms with Gasteiger partial charge in [0.2, 0.25) is 0 Å². The second kappa shape index (κ2) is 14.7. The fourth-order valence-corrected chi connectivity index (χ4v) is 6.25. The van der Waals surface area contributed by atoms with Gasteiger partial charge in [-0.1, -0.05) is 60.7 Å². The first-order valence-corrected chi connectivity index (χ1v) is 15.5. The molecule has 0 amide bonds. The van der Waals surface area contributed by atoms with E-state index in [1.165, 1.54) is 53.7 Å². The molecule has 1 fully saturated rings. The molecule has 236 valence electrons. The molecule has 0 bridgehead atoms. The van der Waals surface area contributed by atoms with Crippen LogP contribution < -0.4 is 10.5 Å². The SMILES string of the molecule is Cc1c(C)c2c(c(C)c1N)CC(C)(CCN1CCC(CCOC(c3ccccc3)c3ccccc3)CC1)O2.O=C(O)C(=O)O. The smallest absolute Gasteiger partial charge is 0.414 e. The number of anilines is 1. The van der Waals surface area contributed by atoms with Gasteiger partial charge in [-0.25, -0.2) is 9.59 Å². The molecule has 4 N–H and O–H groups in total. The maximum Gasteiger partial charge on any atom is 0.414 e. The zero-order chi connectivity index (χ0) is 31.9. The van der Waals surface area contributed by atoms with Crippen LogP contribution in [0.15, 0.2) is 60.7 Å². The van der Waals surface area contributed by atoms with Crippen molar-refractivity contribution in [2.75, 3.05) is 32.0 Å². The van der Waals surface area contributed by atoms with Crippen molar-refractivity contribution in [1.29, 1.82) is 0 Å². The van der Waals surface area contributed by atoms with Gasteiger partial charge >= 0.3 is 11.9 Å². The maximum atomic E-state index is 9.10. The molecule has 8 heteroatoms. The number of piperidine rings is 1. The second-order valence-electron chi connectivity index (χ2n) is 12.3. The Morgan fingerprint density at radius 2 is 1.48 bits per heavy atom. The largest absolute Gasteiger partial charge is 0.487 e. The van der Waals surface area contributed by atoms with Gasteiger partial charge in [0, 0.05) is 30.8 Å². The molecule has 1 atom stereocenters. The summed E-state index contributed by atoms with van der Waals surface area (Å²) in [5.41, 5.74) is 14.5. The molecule has 1 unspecified atom stereocenters. The van der Waals surface area contributed by atoms with Crippen LogP contribution in [0.4, 0.5) is 5.69 Å². The lowest BCUT2D eigenvalue weighted by molar-refractivity contribution is -0.159. The van der Waals surface area contributed by atoms with Gasteiger partial charge in [0.05, 0.1) is 0 Å². The number of nitrogen functional groups attached to an aromatic ring is 1. The molecule has 0 radical (unpaired) electrons. The van der Waals surface area contributed by atoms with E-state index in [-0.39, 0.29) is 11.7 Å². The number of ether oxygens (including phenoxy) is 2. The monoisotopic (exact) mass is 602 g/mol. The Morgan fingerprint density at radius 1 is 0.932 bits per heavy atom. The molecule has 44 heavy (non-hydrogen) atoms. The number of carboxylic acid groups (broad SMARTS) is 2. The summed E-state index contributed by atoms with van der Waals surface area (Å²) >= 11 is 0. The third-order valence-corrected chi connectivity index (χ3v) is 9.20. The zero-order valence-corrected chi connectivity index (χ0v) is 26.3. The summed E-state index contributed by atoms with van der Waals surface area (Å²) in [5.74, 6) is -1.83. The highest BCUT2D eigenvalue weighted by atomic mass is 16.5. The van der Waals surface area contributed by atoms with Gasteiger partial charge in [0.15, 0.2) is 0 Å². The molecular formula is C36H46N2O6. The van der Waals surface area contributed by atoms with E-state index in [4.69, 9.17) is 35.0 Å². The Balaban J connectivity index is 0.000000670. The second-order valence-corrected chi connectivity index (χ2v) is 12.3. The Bertz CT molecular complexity index is 1330. The van der Waals surface area contributed by atoms with Gasteiger partial charge in [-0.3, -0.25) is 0 Å². The fourth-order valence-electron chi connectivity index (χ4n) is 6.25. The normalized spacial score (nSPS) is 18.3. The van der Waals surface area contributed by atoms with Gasteiger partial charge in [-0.05, 0) is 100 Å². The third-order valence-electron chi connectivity index (χ3n) is 9.20. The van der Waals surface area contributed by atoms with Crippen LogP contribution in [0, 0.1) is 26.7 Å². The van der Waals surface area contributed by atoms with Crippen LogP contribution in [0.5, 0.6) is 5.75 Å². The number of nitrogens with zero attached hydrogens (tertiary/aromatic N) is 1. The number of benzene rings is 3. The highest BCUT2D eigenvalue weighted by molar-refractivity contribution is 6.27. The molecule has 2 aliphatic rings. The van der Waals surface area contributed by atoms with E-state index in [0.717, 1.165) is 55.3 Å². The van der Waals surface area contributed by atoms with Crippen molar-refractivity contribution in [2.45, 2.75) is 71.5 Å². The van der Waals surface area contributed by atoms with Crippen LogP contribution in [0.3, 0.4) is 0 Å². The van der Waals surface area contributed by atoms with Gasteiger partial charge < -0.3 is 30.3 Å². The number of hydrogen-bond donors (Lipinski definition) is 3. The molecule has 0 aliphatic carbocycles. The number of nitrogens with two attached hydrogens (primary N) is 1. The molecule has 0 aromatic heterocycles. The van der Waals surface area contributed by atoms with Gasteiger partial charge in [0.1, 0.15) is 17.5 Å². The van der Waals surface area contributed by atoms with Crippen LogP contribution in [-0.4, -0.2) is 58.9 Å². The molecule has 3 aromatic rings. The predicted molar refractivity (Wildman–Crippen MR) is 172 cm³/mol. The Labute approximate surface area is 260 Å². The van der Waals surface area contributed by atoms with Crippen molar-refractivity contribution < 1.29 is 29.3 Å². The third kappa shape index (κ3) is 8.18. The molecule has 2 aliphatic heterocycles. The van der Waals surface area contributed by atoms with E-state index in [2.05, 4.69) is 93.3 Å². The quantitative estimate of drug-likeness (QED) is 0.192. The lowest BCUT2D eigenvalue weighted by Crippen LogP contribution is -2.40. The van der Waals surface area contributed by atoms with E-state index >= 15 is 0 Å². The van der Waals surface area contributed by atoms with Crippen LogP contribution >= 0.6 is 0 Å². The van der Waals surface area contributed by atoms with E-state index in [9.17, 15) is 0 Å². The molecule has 3 aromatic carbocycles. The standard InChI is InChI=1S/C34H44N2O2.C2H2O4/c1-24-25(2)32-30(26(3)31(24)35)23-34(4,38-32)18-21-36-19-15-27(16-20-36)17-22-37-33(28-11-7-5-8-12-28)29-13-9-6-10-14-29;3-1(4)2(5)6/h5-14,27,33H,15-23,35H2,1-4H3;(H,3,4)(H,5,6). The molecule has 5 rings (SSSR count). The first kappa shape index (κ1) is 33.0. The molecule has 0 spiro atoms. The number of likely N-dealkylation sites (tertiary alicyclic amines) is 1. The van der Waals surface area contributed by atoms with Crippen LogP contribution in [0.25, 0.3) is 0 Å². The molecule has 8 nitrogen and oxygen atoms in total. The molecular weight excluding hydrogens is 556 g/mol. The van der Waals surface area contributed by atoms with Crippen molar-refractivity contribution in [3.05, 3.63) is 94.0 Å². The number of carbonyl (C=O) groups is 2. The number of hydrogen-bond acceptors (Lipinski definition) is 6. The lowest BCUT2D eigenvalue weighted by atomic mass is 9.89. The maximum absolute atomic E-state index is 9.10. The Morgan fingerprint density at radius 3 is 2.00 bits per heavy atom. The van der Waals surface area contributed by atoms with E-state index in [1.807, 2.05) is 0 Å². The van der Waals surface area contributed by atoms with Crippen LogP contribution in [0.2, 0.25) is 0 Å². The Hall–Kier alpha value is -3.88. The first-order valence-electron chi connectivity index (χ1n) is 15.5. The summed E-state index contributed by atoms with van der Waals surface area (Å²) in [6.07, 6.45) is 5.62. The van der Waals surface area contributed by atoms with Gasteiger partial charge in [0.25, 0.3) is 0 Å². The minimum Gasteiger partial charge on any atom is -0.487 e. The van der Waals surface area contributed by atoms with Crippen molar-refractivity contribution in [3.8, 4) is 5.75 Å². The van der Waals surface area contributed by atoms with Crippen LogP contribution in [0.1, 0.15) is 72.1 Å². The molecule has 1 saturated heterocycles. The van der Waals surface area contributed by atoms with E-state index < -0.39 is 11.9 Å². The number of fused-ring (bicyclic) bond motifs is 1. The van der Waals surface area contributed by atoms with Gasteiger partial charge in [-0.2, -0.15) is 0 Å². The summed E-state index contributed by atoms with van der Waals surface area (Å²) in [6.45, 7) is 12.9. The number of aliphatic carboxylic acids is 2. The molecule has 2 heterocycles. The van der Waals surface area contributed by atoms with E-state index in [1.54, 1.807) is 0 Å². The first-order chi connectivity index (χ1) is 21.0. The van der Waals surface area contributed by atoms with Crippen LogP contribution in [-0.2, 0) is 20.7 Å². The molecule has 0 saturated carbocycles. The van der Waals surface area contributed by atoms with Crippen molar-refractivity contribution in [1.82, 2.24) is 4.90 Å². The van der Waals surface area contributed by atoms with Gasteiger partial charge in [-0.15, -0.1) is 0 Å². The minimum absolute atomic E-state index is 0.000165. The average molecular weight is 603 g/mol. The number of carboxylic acids is 2. The lowest BCUT2D eigenvalue weighted by Gasteiger charge is -2.34. The van der Waals surface area contributed by atoms with E-state index in [0.29, 0.717) is 0 Å². The predicted octanol–water partition coefficient (Wildman–Crippen LogP) is 6.34. The zero-order valence-electron chi connectivity index (χ0n) is 26.3. The van der Waals surface area contributed by atoms with Crippen molar-refractivity contribution in [2.24, 2.45) is 5.92 Å². The van der Waals surface area contributed by atoms with Crippen molar-refractivity contribution >= 4 is 17.6 Å². The average Bonchev–Trinajstić information content (AvgIpc) is 3.40. The summed E-state index contributed by atoms with van der Waals surface area (Å²) in [6, 6.07) is 21.2. The summed E-state index contributed by atoms with van der Waals surface area (Å²) in [4.78, 5) is 20.8. The fraction of sp³-hybridized carbons (Fsp3) is 0.444. The topological polar surface area (TPSA) is 122 Å².